The van der Waals surface area contributed by atoms with Crippen LogP contribution >= 0.6 is 0 Å². The number of hydrogen-bond acceptors (Lipinski definition) is 8. The molecule has 1 atom stereocenters. The molecule has 1 saturated heterocycles. The lowest BCUT2D eigenvalue weighted by Crippen LogP contribution is -2.45. The van der Waals surface area contributed by atoms with Crippen LogP contribution in [0, 0.1) is 0 Å². The topological polar surface area (TPSA) is 132 Å². The number of rotatable bonds is 6. The number of fused-ring (bicyclic) bond motifs is 2. The van der Waals surface area contributed by atoms with E-state index in [1.54, 1.807) is 17.1 Å². The monoisotopic (exact) mass is 546 g/mol. The molecular formula is C30H30N10O. The van der Waals surface area contributed by atoms with Crippen LogP contribution in [0.1, 0.15) is 24.4 Å². The van der Waals surface area contributed by atoms with Gasteiger partial charge in [-0.15, -0.1) is 0 Å². The summed E-state index contributed by atoms with van der Waals surface area (Å²) in [6.07, 6.45) is 8.50. The van der Waals surface area contributed by atoms with Crippen LogP contribution in [0.25, 0.3) is 34.1 Å². The molecule has 0 aliphatic carbocycles. The number of amides is 1. The smallest absolute Gasteiger partial charge is 0.245 e. The van der Waals surface area contributed by atoms with E-state index in [-0.39, 0.29) is 11.9 Å². The van der Waals surface area contributed by atoms with Crippen molar-refractivity contribution in [3.63, 3.8) is 0 Å². The number of carbonyl (C=O) groups is 1. The SMILES string of the molecule is C=CC(=O)N1CCC(NC2CNc3cc(-n4c(-c5cccnc5N)nc5ccc(-n6cccn6)nc54)ccc32)CC1. The summed E-state index contributed by atoms with van der Waals surface area (Å²) in [7, 11) is 0. The first-order valence-corrected chi connectivity index (χ1v) is 13.7. The quantitative estimate of drug-likeness (QED) is 0.276. The lowest BCUT2D eigenvalue weighted by molar-refractivity contribution is -0.127. The van der Waals surface area contributed by atoms with Crippen molar-refractivity contribution in [2.75, 3.05) is 30.7 Å². The van der Waals surface area contributed by atoms with Crippen LogP contribution in [-0.4, -0.2) is 65.8 Å². The van der Waals surface area contributed by atoms with Gasteiger partial charge in [0.25, 0.3) is 0 Å². The fraction of sp³-hybridized carbons (Fsp3) is 0.233. The lowest BCUT2D eigenvalue weighted by Gasteiger charge is -2.33. The fourth-order valence-corrected chi connectivity index (χ4v) is 5.80. The summed E-state index contributed by atoms with van der Waals surface area (Å²) in [5, 5.41) is 11.7. The third-order valence-electron chi connectivity index (χ3n) is 7.89. The molecule has 1 unspecified atom stereocenters. The maximum Gasteiger partial charge on any atom is 0.245 e. The Bertz CT molecular complexity index is 1750. The minimum absolute atomic E-state index is 0.00882. The number of aromatic nitrogens is 6. The highest BCUT2D eigenvalue weighted by Crippen LogP contribution is 2.36. The zero-order chi connectivity index (χ0) is 27.9. The molecule has 5 aromatic rings. The van der Waals surface area contributed by atoms with E-state index in [1.807, 2.05) is 46.0 Å². The van der Waals surface area contributed by atoms with Crippen LogP contribution in [0.2, 0.25) is 0 Å². The molecule has 2 aliphatic rings. The summed E-state index contributed by atoms with van der Waals surface area (Å²) >= 11 is 0. The summed E-state index contributed by atoms with van der Waals surface area (Å²) in [5.41, 5.74) is 11.7. The van der Waals surface area contributed by atoms with Crippen LogP contribution in [0.5, 0.6) is 0 Å². The molecule has 1 fully saturated rings. The average Bonchev–Trinajstić information content (AvgIpc) is 3.76. The molecule has 7 rings (SSSR count). The molecule has 0 spiro atoms. The van der Waals surface area contributed by atoms with Gasteiger partial charge in [0.05, 0.1) is 17.3 Å². The molecule has 2 aliphatic heterocycles. The van der Waals surface area contributed by atoms with Gasteiger partial charge in [0.2, 0.25) is 5.91 Å². The Morgan fingerprint density at radius 2 is 1.98 bits per heavy atom. The third-order valence-corrected chi connectivity index (χ3v) is 7.89. The second-order valence-corrected chi connectivity index (χ2v) is 10.3. The van der Waals surface area contributed by atoms with Crippen LogP contribution in [0.3, 0.4) is 0 Å². The highest BCUT2D eigenvalue weighted by Gasteiger charge is 2.28. The molecule has 4 N–H and O–H groups in total. The Kier molecular flexibility index (Phi) is 6.20. The van der Waals surface area contributed by atoms with E-state index in [4.69, 9.17) is 15.7 Å². The Morgan fingerprint density at radius 3 is 2.76 bits per heavy atom. The highest BCUT2D eigenvalue weighted by atomic mass is 16.2. The van der Waals surface area contributed by atoms with Crippen LogP contribution in [0.4, 0.5) is 11.5 Å². The van der Waals surface area contributed by atoms with E-state index >= 15 is 0 Å². The molecule has 0 radical (unpaired) electrons. The predicted molar refractivity (Wildman–Crippen MR) is 158 cm³/mol. The number of nitrogens with zero attached hydrogens (tertiary/aromatic N) is 7. The zero-order valence-corrected chi connectivity index (χ0v) is 22.4. The van der Waals surface area contributed by atoms with Crippen molar-refractivity contribution in [1.82, 2.24) is 39.5 Å². The first-order valence-electron chi connectivity index (χ1n) is 13.7. The second kappa shape index (κ2) is 10.2. The Labute approximate surface area is 236 Å². The number of hydrogen-bond donors (Lipinski definition) is 3. The number of likely N-dealkylation sites (tertiary alicyclic amines) is 1. The van der Waals surface area contributed by atoms with Crippen molar-refractivity contribution in [2.45, 2.75) is 24.9 Å². The maximum atomic E-state index is 12.0. The Morgan fingerprint density at radius 1 is 1.10 bits per heavy atom. The maximum absolute atomic E-state index is 12.0. The number of benzene rings is 1. The lowest BCUT2D eigenvalue weighted by atomic mass is 10.0. The molecule has 206 valence electrons. The van der Waals surface area contributed by atoms with E-state index in [0.29, 0.717) is 29.1 Å². The molecule has 1 amide bonds. The normalized spacial score (nSPS) is 17.0. The second-order valence-electron chi connectivity index (χ2n) is 10.3. The number of nitrogens with two attached hydrogens (primary N) is 1. The van der Waals surface area contributed by atoms with Crippen molar-refractivity contribution in [3.8, 4) is 22.9 Å². The van der Waals surface area contributed by atoms with Gasteiger partial charge in [-0.25, -0.2) is 19.6 Å². The number of pyridine rings is 2. The summed E-state index contributed by atoms with van der Waals surface area (Å²) in [6.45, 7) is 5.89. The minimum atomic E-state index is 0.00882. The summed E-state index contributed by atoms with van der Waals surface area (Å²) in [5.74, 6) is 1.78. The van der Waals surface area contributed by atoms with E-state index in [1.165, 1.54) is 11.6 Å². The van der Waals surface area contributed by atoms with Gasteiger partial charge in [-0.2, -0.15) is 5.10 Å². The number of nitrogens with one attached hydrogen (secondary N) is 2. The number of nitrogen functional groups attached to an aromatic ring is 1. The Balaban J connectivity index is 1.24. The molecule has 41 heavy (non-hydrogen) atoms. The van der Waals surface area contributed by atoms with Crippen LogP contribution < -0.4 is 16.4 Å². The van der Waals surface area contributed by atoms with Gasteiger partial charge in [0.1, 0.15) is 11.3 Å². The van der Waals surface area contributed by atoms with Crippen molar-refractivity contribution in [2.24, 2.45) is 0 Å². The number of anilines is 2. The minimum Gasteiger partial charge on any atom is -0.383 e. The number of piperidine rings is 1. The van der Waals surface area contributed by atoms with Gasteiger partial charge in [-0.3, -0.25) is 9.36 Å². The predicted octanol–water partition coefficient (Wildman–Crippen LogP) is 3.48. The van der Waals surface area contributed by atoms with Crippen molar-refractivity contribution < 1.29 is 4.79 Å². The van der Waals surface area contributed by atoms with Crippen molar-refractivity contribution in [1.29, 1.82) is 0 Å². The molecule has 11 heteroatoms. The van der Waals surface area contributed by atoms with Gasteiger partial charge < -0.3 is 21.3 Å². The highest BCUT2D eigenvalue weighted by molar-refractivity contribution is 5.87. The third kappa shape index (κ3) is 4.49. The Hall–Kier alpha value is -5.03. The zero-order valence-electron chi connectivity index (χ0n) is 22.4. The molecule has 6 heterocycles. The summed E-state index contributed by atoms with van der Waals surface area (Å²) in [4.78, 5) is 28.0. The van der Waals surface area contributed by atoms with E-state index in [2.05, 4.69) is 45.5 Å². The molecule has 4 aromatic heterocycles. The molecular weight excluding hydrogens is 516 g/mol. The van der Waals surface area contributed by atoms with Crippen LogP contribution in [0.15, 0.2) is 79.8 Å². The van der Waals surface area contributed by atoms with Gasteiger partial charge in [0.15, 0.2) is 17.3 Å². The first-order chi connectivity index (χ1) is 20.1. The molecule has 1 aromatic carbocycles. The first kappa shape index (κ1) is 25.0. The van der Waals surface area contributed by atoms with Crippen molar-refractivity contribution in [3.05, 3.63) is 85.3 Å². The standard InChI is InChI=1S/C30H30N10O/c1-2-27(41)38-15-10-19(11-16-38)35-25-18-33-24-17-20(6-7-21(24)25)40-29(22-5-3-12-32-28(22)31)36-23-8-9-26(37-30(23)40)39-14-4-13-34-39/h2-9,12-14,17,19,25,33,35H,1,10-11,15-16,18H2,(H2,31,32). The fourth-order valence-electron chi connectivity index (χ4n) is 5.80. The number of carbonyl (C=O) groups excluding carboxylic acids is 1. The van der Waals surface area contributed by atoms with Gasteiger partial charge in [0, 0.05) is 50.0 Å². The van der Waals surface area contributed by atoms with Crippen LogP contribution in [-0.2, 0) is 4.79 Å². The summed E-state index contributed by atoms with van der Waals surface area (Å²) < 4.78 is 3.76. The van der Waals surface area contributed by atoms with E-state index in [0.717, 1.165) is 54.9 Å². The summed E-state index contributed by atoms with van der Waals surface area (Å²) in [6, 6.07) is 16.4. The average molecular weight is 547 g/mol. The van der Waals surface area contributed by atoms with Gasteiger partial charge in [-0.1, -0.05) is 12.6 Å². The van der Waals surface area contributed by atoms with E-state index in [9.17, 15) is 4.79 Å². The van der Waals surface area contributed by atoms with Gasteiger partial charge in [-0.05, 0) is 66.9 Å². The van der Waals surface area contributed by atoms with Crippen molar-refractivity contribution >= 4 is 28.6 Å². The van der Waals surface area contributed by atoms with E-state index < -0.39 is 0 Å². The largest absolute Gasteiger partial charge is 0.383 e. The molecule has 0 saturated carbocycles. The molecule has 11 nitrogen and oxygen atoms in total. The molecule has 0 bridgehead atoms. The number of imidazole rings is 1. The van der Waals surface area contributed by atoms with Gasteiger partial charge >= 0.3 is 0 Å².